The van der Waals surface area contributed by atoms with Gasteiger partial charge in [-0.25, -0.2) is 4.39 Å². The summed E-state index contributed by atoms with van der Waals surface area (Å²) in [7, 11) is 0. The van der Waals surface area contributed by atoms with Crippen molar-refractivity contribution < 1.29 is 14.8 Å². The molecule has 3 rings (SSSR count). The van der Waals surface area contributed by atoms with Crippen LogP contribution < -0.4 is 0 Å². The Balaban J connectivity index is 1.95. The summed E-state index contributed by atoms with van der Waals surface area (Å²) in [6.07, 6.45) is 2.96. The van der Waals surface area contributed by atoms with Gasteiger partial charge in [0.15, 0.2) is 0 Å². The van der Waals surface area contributed by atoms with E-state index in [1.807, 2.05) is 0 Å². The van der Waals surface area contributed by atoms with Crippen LogP contribution in [0.3, 0.4) is 0 Å². The maximum atomic E-state index is 13.8. The molecule has 0 radical (unpaired) electrons. The molecule has 0 amide bonds. The van der Waals surface area contributed by atoms with Gasteiger partial charge in [0, 0.05) is 5.56 Å². The van der Waals surface area contributed by atoms with Gasteiger partial charge in [-0.3, -0.25) is 0 Å². The van der Waals surface area contributed by atoms with Gasteiger partial charge in [-0.2, -0.15) is 10.1 Å². The third-order valence-corrected chi connectivity index (χ3v) is 4.06. The highest BCUT2D eigenvalue weighted by molar-refractivity contribution is 5.22. The first-order valence-corrected chi connectivity index (χ1v) is 6.39. The summed E-state index contributed by atoms with van der Waals surface area (Å²) in [5, 5.41) is 22.6. The lowest BCUT2D eigenvalue weighted by atomic mass is 9.91. The molecule has 3 atom stereocenters. The van der Waals surface area contributed by atoms with Crippen molar-refractivity contribution in [3.8, 4) is 0 Å². The quantitative estimate of drug-likeness (QED) is 0.806. The molecule has 1 heterocycles. The highest BCUT2D eigenvalue weighted by Gasteiger charge is 2.48. The van der Waals surface area contributed by atoms with E-state index in [0.717, 1.165) is 35.8 Å². The Morgan fingerprint density at radius 3 is 2.11 bits per heavy atom. The molecule has 2 aliphatic rings. The van der Waals surface area contributed by atoms with E-state index in [9.17, 15) is 14.8 Å². The van der Waals surface area contributed by atoms with Crippen molar-refractivity contribution in [1.82, 2.24) is 10.1 Å². The number of halogens is 1. The second-order valence-electron chi connectivity index (χ2n) is 5.07. The number of hydrogen-bond acceptors (Lipinski definition) is 4. The number of hydrogen-bond donors (Lipinski definition) is 2. The zero-order valence-electron chi connectivity index (χ0n) is 10.0. The monoisotopic (exact) mass is 252 g/mol. The summed E-state index contributed by atoms with van der Waals surface area (Å²) in [5.74, 6) is -0.403. The van der Waals surface area contributed by atoms with Gasteiger partial charge in [-0.1, -0.05) is 31.0 Å². The molecule has 2 N–H and O–H groups in total. The van der Waals surface area contributed by atoms with E-state index < -0.39 is 12.0 Å². The Hall–Kier alpha value is -1.01. The van der Waals surface area contributed by atoms with Crippen LogP contribution in [-0.2, 0) is 0 Å². The van der Waals surface area contributed by atoms with Crippen LogP contribution >= 0.6 is 0 Å². The molecule has 2 fully saturated rings. The average molecular weight is 252 g/mol. The minimum absolute atomic E-state index is 0.103. The number of nitrogens with zero attached hydrogens (tertiary/aromatic N) is 2. The summed E-state index contributed by atoms with van der Waals surface area (Å²) in [4.78, 5) is 0. The smallest absolute Gasteiger partial charge is 0.139 e. The number of hydroxylamine groups is 4. The van der Waals surface area contributed by atoms with Gasteiger partial charge in [0.1, 0.15) is 12.0 Å². The first-order chi connectivity index (χ1) is 8.70. The Labute approximate surface area is 105 Å². The molecule has 4 nitrogen and oxygen atoms in total. The first-order valence-electron chi connectivity index (χ1n) is 6.39. The molecule has 1 aromatic carbocycles. The van der Waals surface area contributed by atoms with E-state index in [0.29, 0.717) is 5.56 Å². The SMILES string of the molecule is ON1C(c2ccccc2F)N(O)[C@H]2CCCC[C@H]21. The summed E-state index contributed by atoms with van der Waals surface area (Å²) < 4.78 is 13.8. The molecule has 98 valence electrons. The second-order valence-corrected chi connectivity index (χ2v) is 5.07. The molecule has 1 aliphatic heterocycles. The highest BCUT2D eigenvalue weighted by atomic mass is 19.1. The third-order valence-electron chi connectivity index (χ3n) is 4.06. The van der Waals surface area contributed by atoms with Crippen molar-refractivity contribution in [3.63, 3.8) is 0 Å². The summed E-state index contributed by atoms with van der Waals surface area (Å²) in [5.41, 5.74) is 0.317. The van der Waals surface area contributed by atoms with Gasteiger partial charge in [0.2, 0.25) is 0 Å². The molecular weight excluding hydrogens is 235 g/mol. The van der Waals surface area contributed by atoms with E-state index in [4.69, 9.17) is 0 Å². The van der Waals surface area contributed by atoms with Crippen molar-refractivity contribution >= 4 is 0 Å². The predicted octanol–water partition coefficient (Wildman–Crippen LogP) is 2.53. The Bertz CT molecular complexity index is 425. The van der Waals surface area contributed by atoms with Crippen LogP contribution in [0.1, 0.15) is 37.4 Å². The molecule has 1 aliphatic carbocycles. The minimum atomic E-state index is -0.792. The maximum absolute atomic E-state index is 13.8. The van der Waals surface area contributed by atoms with Crippen LogP contribution in [0, 0.1) is 5.82 Å². The topological polar surface area (TPSA) is 46.9 Å². The van der Waals surface area contributed by atoms with Crippen LogP contribution in [0.15, 0.2) is 24.3 Å². The standard InChI is InChI=1S/C13H17FN2O2/c14-10-6-2-1-5-9(10)13-15(17)11-7-3-4-8-12(11)16(13)18/h1-2,5-6,11-13,17-18H,3-4,7-8H2/t11-,12+,13?. The fourth-order valence-electron chi connectivity index (χ4n) is 3.16. The van der Waals surface area contributed by atoms with Gasteiger partial charge in [0.25, 0.3) is 0 Å². The van der Waals surface area contributed by atoms with Crippen LogP contribution in [0.5, 0.6) is 0 Å². The van der Waals surface area contributed by atoms with E-state index in [1.54, 1.807) is 18.2 Å². The lowest BCUT2D eigenvalue weighted by molar-refractivity contribution is -0.212. The first kappa shape index (κ1) is 12.0. The Morgan fingerprint density at radius 1 is 1.00 bits per heavy atom. The average Bonchev–Trinajstić information content (AvgIpc) is 2.64. The highest BCUT2D eigenvalue weighted by Crippen LogP contribution is 2.41. The fraction of sp³-hybridized carbons (Fsp3) is 0.538. The van der Waals surface area contributed by atoms with Gasteiger partial charge >= 0.3 is 0 Å². The van der Waals surface area contributed by atoms with Crippen molar-refractivity contribution in [1.29, 1.82) is 0 Å². The molecule has 1 aromatic rings. The predicted molar refractivity (Wildman–Crippen MR) is 62.4 cm³/mol. The van der Waals surface area contributed by atoms with Crippen molar-refractivity contribution in [2.75, 3.05) is 0 Å². The number of benzene rings is 1. The van der Waals surface area contributed by atoms with E-state index in [2.05, 4.69) is 0 Å². The van der Waals surface area contributed by atoms with Crippen molar-refractivity contribution in [2.45, 2.75) is 43.9 Å². The van der Waals surface area contributed by atoms with E-state index >= 15 is 0 Å². The molecule has 1 saturated carbocycles. The molecule has 0 spiro atoms. The summed E-state index contributed by atoms with van der Waals surface area (Å²) in [6.45, 7) is 0. The van der Waals surface area contributed by atoms with Gasteiger partial charge < -0.3 is 10.4 Å². The summed E-state index contributed by atoms with van der Waals surface area (Å²) in [6, 6.07) is 6.05. The normalized spacial score (nSPS) is 33.6. The third kappa shape index (κ3) is 1.75. The number of fused-ring (bicyclic) bond motifs is 1. The lowest BCUT2D eigenvalue weighted by Crippen LogP contribution is -2.37. The van der Waals surface area contributed by atoms with Crippen molar-refractivity contribution in [3.05, 3.63) is 35.6 Å². The van der Waals surface area contributed by atoms with Gasteiger partial charge in [-0.15, -0.1) is 0 Å². The van der Waals surface area contributed by atoms with Gasteiger partial charge in [-0.05, 0) is 18.9 Å². The van der Waals surface area contributed by atoms with E-state index in [-0.39, 0.29) is 12.1 Å². The van der Waals surface area contributed by atoms with Crippen LogP contribution in [0.4, 0.5) is 4.39 Å². The molecule has 18 heavy (non-hydrogen) atoms. The molecular formula is C13H17FN2O2. The molecule has 1 saturated heterocycles. The van der Waals surface area contributed by atoms with Crippen molar-refractivity contribution in [2.24, 2.45) is 0 Å². The van der Waals surface area contributed by atoms with E-state index in [1.165, 1.54) is 6.07 Å². The van der Waals surface area contributed by atoms with Crippen LogP contribution in [-0.4, -0.2) is 32.6 Å². The minimum Gasteiger partial charge on any atom is -0.312 e. The molecule has 1 unspecified atom stereocenters. The zero-order valence-corrected chi connectivity index (χ0v) is 10.0. The molecule has 0 bridgehead atoms. The zero-order chi connectivity index (χ0) is 12.7. The van der Waals surface area contributed by atoms with Gasteiger partial charge in [0.05, 0.1) is 12.1 Å². The Kier molecular flexibility index (Phi) is 3.07. The fourth-order valence-corrected chi connectivity index (χ4v) is 3.16. The maximum Gasteiger partial charge on any atom is 0.139 e. The Morgan fingerprint density at radius 2 is 1.56 bits per heavy atom. The van der Waals surface area contributed by atoms with Crippen LogP contribution in [0.25, 0.3) is 0 Å². The largest absolute Gasteiger partial charge is 0.312 e. The molecule has 5 heteroatoms. The summed E-state index contributed by atoms with van der Waals surface area (Å²) >= 11 is 0. The second kappa shape index (κ2) is 4.59. The molecule has 0 aromatic heterocycles. The lowest BCUT2D eigenvalue weighted by Gasteiger charge is -2.27. The van der Waals surface area contributed by atoms with Crippen LogP contribution in [0.2, 0.25) is 0 Å². The number of rotatable bonds is 1.